The van der Waals surface area contributed by atoms with Gasteiger partial charge in [0.2, 0.25) is 0 Å². The quantitative estimate of drug-likeness (QED) is 0.543. The van der Waals surface area contributed by atoms with Crippen LogP contribution in [-0.2, 0) is 6.42 Å². The number of alkyl halides is 1. The number of hydrogen-bond acceptors (Lipinski definition) is 4. The summed E-state index contributed by atoms with van der Waals surface area (Å²) < 4.78 is 11.3. The summed E-state index contributed by atoms with van der Waals surface area (Å²) in [5.41, 5.74) is 2.47. The molecule has 6 nitrogen and oxygen atoms in total. The highest BCUT2D eigenvalue weighted by Crippen LogP contribution is 2.36. The molecule has 1 aliphatic rings. The molecular weight excluding hydrogens is 412 g/mol. The van der Waals surface area contributed by atoms with Crippen molar-refractivity contribution in [1.82, 2.24) is 10.3 Å². The number of hydrogen-bond donors (Lipinski definition) is 3. The van der Waals surface area contributed by atoms with Gasteiger partial charge < -0.3 is 24.9 Å². The number of ether oxygens (including phenoxy) is 2. The number of aromatic nitrogens is 1. The standard InChI is InChI=1S/C20H19BrN2O4/c21-18-11-26-19-15(5-3-7-17(19)27-18)20(25)23-13(10-24)8-12-9-22-16-6-2-1-4-14(12)16/h1-7,9,13,18,22,24H,8,10-11H2,(H,23,25)/t13?,18-/m0/s1. The summed E-state index contributed by atoms with van der Waals surface area (Å²) in [4.78, 5) is 16.0. The number of carbonyl (C=O) groups excluding carboxylic acids is 1. The second-order valence-corrected chi connectivity index (χ2v) is 7.41. The molecule has 0 saturated heterocycles. The van der Waals surface area contributed by atoms with Gasteiger partial charge in [-0.15, -0.1) is 0 Å². The number of H-pyrrole nitrogens is 1. The van der Waals surface area contributed by atoms with Crippen LogP contribution in [0.3, 0.4) is 0 Å². The molecular formula is C20H19BrN2O4. The maximum Gasteiger partial charge on any atom is 0.255 e. The minimum Gasteiger partial charge on any atom is -0.484 e. The van der Waals surface area contributed by atoms with E-state index in [1.807, 2.05) is 30.5 Å². The third kappa shape index (κ3) is 3.65. The average Bonchev–Trinajstić information content (AvgIpc) is 3.09. The number of aliphatic hydroxyl groups is 1. The zero-order valence-corrected chi connectivity index (χ0v) is 16.0. The van der Waals surface area contributed by atoms with Crippen molar-refractivity contribution in [1.29, 1.82) is 0 Å². The van der Waals surface area contributed by atoms with Crippen molar-refractivity contribution in [3.05, 3.63) is 59.8 Å². The number of benzene rings is 2. The first-order valence-electron chi connectivity index (χ1n) is 8.69. The number of amides is 1. The van der Waals surface area contributed by atoms with Gasteiger partial charge in [0.1, 0.15) is 6.61 Å². The lowest BCUT2D eigenvalue weighted by Gasteiger charge is -2.25. The Hall–Kier alpha value is -2.51. The van der Waals surface area contributed by atoms with E-state index in [9.17, 15) is 9.90 Å². The number of halogens is 1. The highest BCUT2D eigenvalue weighted by Gasteiger charge is 2.25. The molecule has 4 rings (SSSR count). The molecule has 140 valence electrons. The fourth-order valence-electron chi connectivity index (χ4n) is 3.25. The van der Waals surface area contributed by atoms with Crippen LogP contribution in [-0.4, -0.2) is 40.3 Å². The molecule has 1 aliphatic heterocycles. The van der Waals surface area contributed by atoms with Crippen molar-refractivity contribution < 1.29 is 19.4 Å². The number of rotatable bonds is 5. The predicted octanol–water partition coefficient (Wildman–Crippen LogP) is 2.99. The maximum atomic E-state index is 12.8. The molecule has 0 radical (unpaired) electrons. The molecule has 7 heteroatoms. The van der Waals surface area contributed by atoms with Crippen LogP contribution in [0.2, 0.25) is 0 Å². The summed E-state index contributed by atoms with van der Waals surface area (Å²) >= 11 is 3.34. The third-order valence-electron chi connectivity index (χ3n) is 4.53. The molecule has 27 heavy (non-hydrogen) atoms. The number of para-hydroxylation sites is 2. The molecule has 2 heterocycles. The molecule has 0 aliphatic carbocycles. The second-order valence-electron chi connectivity index (χ2n) is 6.39. The molecule has 3 aromatic rings. The molecule has 0 saturated carbocycles. The van der Waals surface area contributed by atoms with E-state index in [-0.39, 0.29) is 17.5 Å². The number of carbonyl (C=O) groups is 1. The van der Waals surface area contributed by atoms with E-state index < -0.39 is 6.04 Å². The van der Waals surface area contributed by atoms with Gasteiger partial charge in [0, 0.05) is 17.1 Å². The van der Waals surface area contributed by atoms with Gasteiger partial charge >= 0.3 is 0 Å². The molecule has 2 aromatic carbocycles. The normalized spacial score (nSPS) is 16.9. The van der Waals surface area contributed by atoms with Gasteiger partial charge in [-0.2, -0.15) is 0 Å². The summed E-state index contributed by atoms with van der Waals surface area (Å²) in [7, 11) is 0. The minimum absolute atomic E-state index is 0.166. The molecule has 0 bridgehead atoms. The second kappa shape index (κ2) is 7.62. The number of fused-ring (bicyclic) bond motifs is 2. The smallest absolute Gasteiger partial charge is 0.255 e. The van der Waals surface area contributed by atoms with Crippen LogP contribution in [0, 0.1) is 0 Å². The number of aromatic amines is 1. The zero-order valence-electron chi connectivity index (χ0n) is 14.4. The zero-order chi connectivity index (χ0) is 18.8. The molecule has 2 atom stereocenters. The lowest BCUT2D eigenvalue weighted by atomic mass is 10.0. The molecule has 3 N–H and O–H groups in total. The Kier molecular flexibility index (Phi) is 5.05. The molecule has 1 aromatic heterocycles. The summed E-state index contributed by atoms with van der Waals surface area (Å²) in [6.07, 6.45) is 2.43. The average molecular weight is 431 g/mol. The van der Waals surface area contributed by atoms with E-state index >= 15 is 0 Å². The van der Waals surface area contributed by atoms with Crippen molar-refractivity contribution in [3.8, 4) is 11.5 Å². The van der Waals surface area contributed by atoms with Crippen LogP contribution < -0.4 is 14.8 Å². The van der Waals surface area contributed by atoms with E-state index in [2.05, 4.69) is 26.2 Å². The van der Waals surface area contributed by atoms with Crippen molar-refractivity contribution in [3.63, 3.8) is 0 Å². The van der Waals surface area contributed by atoms with Gasteiger partial charge in [-0.05, 0) is 46.1 Å². The van der Waals surface area contributed by atoms with Gasteiger partial charge in [0.05, 0.1) is 18.2 Å². The van der Waals surface area contributed by atoms with Crippen LogP contribution in [0.5, 0.6) is 11.5 Å². The number of nitrogens with one attached hydrogen (secondary N) is 2. The largest absolute Gasteiger partial charge is 0.484 e. The first-order valence-corrected chi connectivity index (χ1v) is 9.60. The van der Waals surface area contributed by atoms with Crippen molar-refractivity contribution in [2.75, 3.05) is 13.2 Å². The Labute approximate surface area is 164 Å². The van der Waals surface area contributed by atoms with Crippen molar-refractivity contribution in [2.24, 2.45) is 0 Å². The maximum absolute atomic E-state index is 12.8. The lowest BCUT2D eigenvalue weighted by Crippen LogP contribution is -2.39. The van der Waals surface area contributed by atoms with Crippen molar-refractivity contribution >= 4 is 32.7 Å². The van der Waals surface area contributed by atoms with E-state index in [0.29, 0.717) is 30.1 Å². The van der Waals surface area contributed by atoms with E-state index in [1.165, 1.54) is 0 Å². The predicted molar refractivity (Wildman–Crippen MR) is 106 cm³/mol. The van der Waals surface area contributed by atoms with Gasteiger partial charge in [-0.3, -0.25) is 4.79 Å². The Bertz CT molecular complexity index is 972. The van der Waals surface area contributed by atoms with Crippen LogP contribution >= 0.6 is 15.9 Å². The van der Waals surface area contributed by atoms with E-state index in [1.54, 1.807) is 18.2 Å². The summed E-state index contributed by atoms with van der Waals surface area (Å²) in [5.74, 6) is 0.643. The first-order chi connectivity index (χ1) is 13.2. The van der Waals surface area contributed by atoms with Gasteiger partial charge in [-0.25, -0.2) is 0 Å². The Morgan fingerprint density at radius 1 is 1.30 bits per heavy atom. The van der Waals surface area contributed by atoms with Crippen LogP contribution in [0.4, 0.5) is 0 Å². The molecule has 1 unspecified atom stereocenters. The fourth-order valence-corrected chi connectivity index (χ4v) is 3.58. The Morgan fingerprint density at radius 2 is 2.15 bits per heavy atom. The van der Waals surface area contributed by atoms with Crippen LogP contribution in [0.1, 0.15) is 15.9 Å². The van der Waals surface area contributed by atoms with E-state index in [4.69, 9.17) is 9.47 Å². The van der Waals surface area contributed by atoms with Crippen LogP contribution in [0.25, 0.3) is 10.9 Å². The third-order valence-corrected chi connectivity index (χ3v) is 4.99. The lowest BCUT2D eigenvalue weighted by molar-refractivity contribution is 0.0903. The Balaban J connectivity index is 1.52. The highest BCUT2D eigenvalue weighted by molar-refractivity contribution is 9.09. The van der Waals surface area contributed by atoms with Gasteiger partial charge in [-0.1, -0.05) is 24.3 Å². The number of aliphatic hydroxyl groups excluding tert-OH is 1. The summed E-state index contributed by atoms with van der Waals surface area (Å²) in [6, 6.07) is 12.7. The molecule has 0 spiro atoms. The molecule has 0 fully saturated rings. The summed E-state index contributed by atoms with van der Waals surface area (Å²) in [5, 5.41) is 13.5. The summed E-state index contributed by atoms with van der Waals surface area (Å²) in [6.45, 7) is 0.150. The SMILES string of the molecule is O=C(NC(CO)Cc1c[nH]c2ccccc12)c1cccc2c1OC[C@@H](Br)O2. The highest BCUT2D eigenvalue weighted by atomic mass is 79.9. The van der Waals surface area contributed by atoms with Crippen molar-refractivity contribution in [2.45, 2.75) is 17.5 Å². The monoisotopic (exact) mass is 430 g/mol. The topological polar surface area (TPSA) is 83.6 Å². The minimum atomic E-state index is -0.416. The van der Waals surface area contributed by atoms with E-state index in [0.717, 1.165) is 16.5 Å². The molecule has 1 amide bonds. The Morgan fingerprint density at radius 3 is 3.00 bits per heavy atom. The van der Waals surface area contributed by atoms with Crippen LogP contribution in [0.15, 0.2) is 48.7 Å². The first kappa shape index (κ1) is 17.9. The van der Waals surface area contributed by atoms with Gasteiger partial charge in [0.15, 0.2) is 16.5 Å². The van der Waals surface area contributed by atoms with Gasteiger partial charge in [0.25, 0.3) is 5.91 Å². The fraction of sp³-hybridized carbons (Fsp3) is 0.250.